The van der Waals surface area contributed by atoms with Gasteiger partial charge in [0.1, 0.15) is 0 Å². The Morgan fingerprint density at radius 3 is 3.07 bits per heavy atom. The van der Waals surface area contributed by atoms with Crippen LogP contribution in [0, 0.1) is 0 Å². The standard InChI is InChI=1S/C11H19N3O/c1-2-12-8-10-4-5-11(15-10)9-14-7-3-6-13-14/h3,6-7,10-12H,2,4-5,8-9H2,1H3. The van der Waals surface area contributed by atoms with Crippen LogP contribution in [0.1, 0.15) is 19.8 Å². The van der Waals surface area contributed by atoms with Gasteiger partial charge in [-0.05, 0) is 25.5 Å². The monoisotopic (exact) mass is 209 g/mol. The van der Waals surface area contributed by atoms with Crippen LogP contribution < -0.4 is 5.32 Å². The summed E-state index contributed by atoms with van der Waals surface area (Å²) in [6, 6.07) is 1.95. The summed E-state index contributed by atoms with van der Waals surface area (Å²) in [6.07, 6.45) is 6.85. The maximum Gasteiger partial charge on any atom is 0.0776 e. The average molecular weight is 209 g/mol. The summed E-state index contributed by atoms with van der Waals surface area (Å²) in [7, 11) is 0. The van der Waals surface area contributed by atoms with Crippen LogP contribution >= 0.6 is 0 Å². The number of nitrogens with one attached hydrogen (secondary N) is 1. The molecular weight excluding hydrogens is 190 g/mol. The van der Waals surface area contributed by atoms with Gasteiger partial charge in [0.05, 0.1) is 18.8 Å². The van der Waals surface area contributed by atoms with E-state index in [4.69, 9.17) is 4.74 Å². The summed E-state index contributed by atoms with van der Waals surface area (Å²) in [5, 5.41) is 7.51. The Balaban J connectivity index is 1.73. The summed E-state index contributed by atoms with van der Waals surface area (Å²) in [6.45, 7) is 5.00. The highest BCUT2D eigenvalue weighted by Crippen LogP contribution is 2.20. The second kappa shape index (κ2) is 5.28. The summed E-state index contributed by atoms with van der Waals surface area (Å²) in [4.78, 5) is 0. The van der Waals surface area contributed by atoms with Crippen LogP contribution in [0.15, 0.2) is 18.5 Å². The minimum atomic E-state index is 0.341. The third-order valence-corrected chi connectivity index (χ3v) is 2.77. The normalized spacial score (nSPS) is 25.9. The first-order valence-corrected chi connectivity index (χ1v) is 5.72. The molecule has 2 atom stereocenters. The van der Waals surface area contributed by atoms with Gasteiger partial charge in [-0.25, -0.2) is 0 Å². The molecule has 1 aromatic rings. The van der Waals surface area contributed by atoms with E-state index in [1.807, 2.05) is 23.1 Å². The molecule has 0 amide bonds. The first kappa shape index (κ1) is 10.6. The quantitative estimate of drug-likeness (QED) is 0.787. The van der Waals surface area contributed by atoms with Crippen LogP contribution in [0.4, 0.5) is 0 Å². The van der Waals surface area contributed by atoms with Gasteiger partial charge in [0, 0.05) is 18.9 Å². The third kappa shape index (κ3) is 3.04. The van der Waals surface area contributed by atoms with Crippen molar-refractivity contribution < 1.29 is 4.74 Å². The Bertz CT molecular complexity index is 273. The van der Waals surface area contributed by atoms with Crippen molar-refractivity contribution in [3.8, 4) is 0 Å². The number of hydrogen-bond donors (Lipinski definition) is 1. The molecule has 2 rings (SSSR count). The molecule has 15 heavy (non-hydrogen) atoms. The van der Waals surface area contributed by atoms with E-state index in [1.54, 1.807) is 0 Å². The molecule has 1 saturated heterocycles. The highest BCUT2D eigenvalue weighted by Gasteiger charge is 2.24. The molecule has 1 aromatic heterocycles. The minimum absolute atomic E-state index is 0.341. The van der Waals surface area contributed by atoms with Gasteiger partial charge in [-0.15, -0.1) is 0 Å². The van der Waals surface area contributed by atoms with E-state index in [-0.39, 0.29) is 0 Å². The molecule has 2 unspecified atom stereocenters. The van der Waals surface area contributed by atoms with E-state index >= 15 is 0 Å². The first-order valence-electron chi connectivity index (χ1n) is 5.72. The molecule has 0 bridgehead atoms. The topological polar surface area (TPSA) is 39.1 Å². The van der Waals surface area contributed by atoms with Crippen molar-refractivity contribution in [2.45, 2.75) is 38.5 Å². The number of nitrogens with zero attached hydrogens (tertiary/aromatic N) is 2. The summed E-state index contributed by atoms with van der Waals surface area (Å²) in [5.74, 6) is 0. The average Bonchev–Trinajstić information content (AvgIpc) is 2.87. The van der Waals surface area contributed by atoms with Gasteiger partial charge in [-0.3, -0.25) is 4.68 Å². The van der Waals surface area contributed by atoms with E-state index < -0.39 is 0 Å². The van der Waals surface area contributed by atoms with Crippen molar-refractivity contribution in [3.63, 3.8) is 0 Å². The number of hydrogen-bond acceptors (Lipinski definition) is 3. The van der Waals surface area contributed by atoms with Crippen LogP contribution in [0.5, 0.6) is 0 Å². The van der Waals surface area contributed by atoms with Gasteiger partial charge in [-0.2, -0.15) is 5.10 Å². The van der Waals surface area contributed by atoms with Crippen molar-refractivity contribution in [1.82, 2.24) is 15.1 Å². The lowest BCUT2D eigenvalue weighted by atomic mass is 10.2. The fourth-order valence-corrected chi connectivity index (χ4v) is 1.99. The fourth-order valence-electron chi connectivity index (χ4n) is 1.99. The van der Waals surface area contributed by atoms with Crippen LogP contribution in [-0.4, -0.2) is 35.1 Å². The number of aromatic nitrogens is 2. The van der Waals surface area contributed by atoms with Gasteiger partial charge in [0.25, 0.3) is 0 Å². The molecule has 84 valence electrons. The van der Waals surface area contributed by atoms with Crippen molar-refractivity contribution >= 4 is 0 Å². The largest absolute Gasteiger partial charge is 0.372 e. The van der Waals surface area contributed by atoms with Gasteiger partial charge in [0.15, 0.2) is 0 Å². The number of likely N-dealkylation sites (N-methyl/N-ethyl adjacent to an activating group) is 1. The van der Waals surface area contributed by atoms with E-state index in [2.05, 4.69) is 17.3 Å². The first-order chi connectivity index (χ1) is 7.38. The highest BCUT2D eigenvalue weighted by atomic mass is 16.5. The zero-order valence-electron chi connectivity index (χ0n) is 9.22. The molecule has 1 aliphatic rings. The number of rotatable bonds is 5. The lowest BCUT2D eigenvalue weighted by molar-refractivity contribution is 0.0345. The maximum atomic E-state index is 5.91. The van der Waals surface area contributed by atoms with Crippen molar-refractivity contribution in [2.75, 3.05) is 13.1 Å². The maximum absolute atomic E-state index is 5.91. The van der Waals surface area contributed by atoms with Crippen LogP contribution in [0.2, 0.25) is 0 Å². The minimum Gasteiger partial charge on any atom is -0.372 e. The van der Waals surface area contributed by atoms with Gasteiger partial charge < -0.3 is 10.1 Å². The predicted octanol–water partition coefficient (Wildman–Crippen LogP) is 1.04. The summed E-state index contributed by atoms with van der Waals surface area (Å²) < 4.78 is 7.86. The highest BCUT2D eigenvalue weighted by molar-refractivity contribution is 4.81. The lowest BCUT2D eigenvalue weighted by Gasteiger charge is -2.13. The third-order valence-electron chi connectivity index (χ3n) is 2.77. The SMILES string of the molecule is CCNCC1CCC(Cn2cccn2)O1. The summed E-state index contributed by atoms with van der Waals surface area (Å²) >= 11 is 0. The summed E-state index contributed by atoms with van der Waals surface area (Å²) in [5.41, 5.74) is 0. The molecule has 2 heterocycles. The second-order valence-electron chi connectivity index (χ2n) is 3.99. The fraction of sp³-hybridized carbons (Fsp3) is 0.727. The molecule has 0 saturated carbocycles. The Labute approximate surface area is 90.6 Å². The smallest absolute Gasteiger partial charge is 0.0776 e. The number of ether oxygens (including phenoxy) is 1. The predicted molar refractivity (Wildman–Crippen MR) is 58.7 cm³/mol. The Kier molecular flexibility index (Phi) is 3.75. The van der Waals surface area contributed by atoms with Gasteiger partial charge >= 0.3 is 0 Å². The molecule has 1 N–H and O–H groups in total. The molecule has 0 radical (unpaired) electrons. The molecule has 0 aliphatic carbocycles. The Morgan fingerprint density at radius 2 is 2.33 bits per heavy atom. The van der Waals surface area contributed by atoms with Crippen molar-refractivity contribution in [1.29, 1.82) is 0 Å². The van der Waals surface area contributed by atoms with E-state index in [0.717, 1.165) is 26.1 Å². The van der Waals surface area contributed by atoms with Crippen LogP contribution in [-0.2, 0) is 11.3 Å². The van der Waals surface area contributed by atoms with Gasteiger partial charge in [0.2, 0.25) is 0 Å². The van der Waals surface area contributed by atoms with Crippen LogP contribution in [0.3, 0.4) is 0 Å². The molecule has 1 aliphatic heterocycles. The van der Waals surface area contributed by atoms with Crippen molar-refractivity contribution in [2.24, 2.45) is 0 Å². The van der Waals surface area contributed by atoms with Crippen LogP contribution in [0.25, 0.3) is 0 Å². The molecule has 4 heteroatoms. The van der Waals surface area contributed by atoms with Crippen molar-refractivity contribution in [3.05, 3.63) is 18.5 Å². The zero-order chi connectivity index (χ0) is 10.5. The van der Waals surface area contributed by atoms with E-state index in [1.165, 1.54) is 6.42 Å². The second-order valence-corrected chi connectivity index (χ2v) is 3.99. The Morgan fingerprint density at radius 1 is 1.47 bits per heavy atom. The molecular formula is C11H19N3O. The molecule has 1 fully saturated rings. The van der Waals surface area contributed by atoms with Gasteiger partial charge in [-0.1, -0.05) is 6.92 Å². The molecule has 0 aromatic carbocycles. The van der Waals surface area contributed by atoms with E-state index in [9.17, 15) is 0 Å². The Hall–Kier alpha value is -0.870. The molecule has 0 spiro atoms. The lowest BCUT2D eigenvalue weighted by Crippen LogP contribution is -2.27. The van der Waals surface area contributed by atoms with E-state index in [0.29, 0.717) is 12.2 Å². The zero-order valence-corrected chi connectivity index (χ0v) is 9.22. The molecule has 4 nitrogen and oxygen atoms in total.